The molecule has 0 spiro atoms. The summed E-state index contributed by atoms with van der Waals surface area (Å²) in [5, 5.41) is 3.70. The van der Waals surface area contributed by atoms with Gasteiger partial charge in [-0.2, -0.15) is 0 Å². The molecule has 1 fully saturated rings. The van der Waals surface area contributed by atoms with Crippen LogP contribution in [0.1, 0.15) is 18.4 Å². The van der Waals surface area contributed by atoms with Crippen molar-refractivity contribution in [3.63, 3.8) is 0 Å². The maximum Gasteiger partial charge on any atom is 0.161 e. The lowest BCUT2D eigenvalue weighted by Crippen LogP contribution is -2.48. The number of allylic oxidation sites excluding steroid dienone is 1. The van der Waals surface area contributed by atoms with Crippen molar-refractivity contribution >= 4 is 0 Å². The van der Waals surface area contributed by atoms with E-state index < -0.39 is 0 Å². The molecule has 3 heteroatoms. The molecule has 0 radical (unpaired) electrons. The van der Waals surface area contributed by atoms with Gasteiger partial charge >= 0.3 is 0 Å². The maximum atomic E-state index is 5.63. The first-order valence-electron chi connectivity index (χ1n) is 7.69. The fourth-order valence-corrected chi connectivity index (χ4v) is 3.59. The predicted molar refractivity (Wildman–Crippen MR) is 78.3 cm³/mol. The van der Waals surface area contributed by atoms with Crippen LogP contribution in [0.15, 0.2) is 30.4 Å². The molecule has 3 unspecified atom stereocenters. The van der Waals surface area contributed by atoms with Crippen molar-refractivity contribution in [3.05, 3.63) is 35.9 Å². The first kappa shape index (κ1) is 12.3. The molecule has 0 aromatic heterocycles. The third-order valence-corrected chi connectivity index (χ3v) is 4.79. The quantitative estimate of drug-likeness (QED) is 0.854. The minimum atomic E-state index is 0.658. The van der Waals surface area contributed by atoms with Gasteiger partial charge < -0.3 is 14.8 Å². The van der Waals surface area contributed by atoms with E-state index in [9.17, 15) is 0 Å². The number of hydrogen-bond donors (Lipinski definition) is 1. The van der Waals surface area contributed by atoms with E-state index in [2.05, 4.69) is 29.6 Å². The highest BCUT2D eigenvalue weighted by Gasteiger charge is 2.40. The molecule has 106 valence electrons. The summed E-state index contributed by atoms with van der Waals surface area (Å²) >= 11 is 0. The van der Waals surface area contributed by atoms with E-state index in [-0.39, 0.29) is 0 Å². The van der Waals surface area contributed by atoms with Crippen molar-refractivity contribution in [1.29, 1.82) is 0 Å². The van der Waals surface area contributed by atoms with E-state index in [0.29, 0.717) is 19.3 Å². The summed E-state index contributed by atoms with van der Waals surface area (Å²) in [5.41, 5.74) is 1.32. The second-order valence-corrected chi connectivity index (χ2v) is 6.03. The molecule has 0 amide bonds. The largest absolute Gasteiger partial charge is 0.486 e. The Morgan fingerprint density at radius 1 is 1.15 bits per heavy atom. The van der Waals surface area contributed by atoms with Crippen LogP contribution < -0.4 is 14.8 Å². The van der Waals surface area contributed by atoms with Crippen molar-refractivity contribution < 1.29 is 9.47 Å². The highest BCUT2D eigenvalue weighted by atomic mass is 16.6. The number of fused-ring (bicyclic) bond motifs is 2. The molecular weight excluding hydrogens is 250 g/mol. The zero-order valence-electron chi connectivity index (χ0n) is 11.7. The van der Waals surface area contributed by atoms with E-state index in [0.717, 1.165) is 36.3 Å². The third kappa shape index (κ3) is 2.20. The molecule has 1 heterocycles. The van der Waals surface area contributed by atoms with E-state index >= 15 is 0 Å². The average Bonchev–Trinajstić information content (AvgIpc) is 2.84. The Morgan fingerprint density at radius 3 is 2.95 bits per heavy atom. The van der Waals surface area contributed by atoms with Gasteiger partial charge in [-0.1, -0.05) is 18.2 Å². The Hall–Kier alpha value is -1.48. The van der Waals surface area contributed by atoms with Crippen molar-refractivity contribution in [3.8, 4) is 11.5 Å². The predicted octanol–water partition coefficient (Wildman–Crippen LogP) is 2.55. The summed E-state index contributed by atoms with van der Waals surface area (Å²) in [4.78, 5) is 0. The van der Waals surface area contributed by atoms with Gasteiger partial charge in [-0.3, -0.25) is 0 Å². The van der Waals surface area contributed by atoms with Crippen LogP contribution in [-0.4, -0.2) is 25.8 Å². The molecule has 0 bridgehead atoms. The van der Waals surface area contributed by atoms with Gasteiger partial charge in [-0.25, -0.2) is 0 Å². The summed E-state index contributed by atoms with van der Waals surface area (Å²) in [6.07, 6.45) is 8.44. The number of benzene rings is 1. The minimum absolute atomic E-state index is 0.658. The molecule has 1 aromatic carbocycles. The number of rotatable bonds is 4. The Kier molecular flexibility index (Phi) is 3.15. The Balaban J connectivity index is 1.30. The van der Waals surface area contributed by atoms with Crippen LogP contribution in [0.5, 0.6) is 11.5 Å². The molecule has 2 aliphatic carbocycles. The van der Waals surface area contributed by atoms with Gasteiger partial charge in [0.15, 0.2) is 11.5 Å². The molecular formula is C17H21NO2. The first-order valence-corrected chi connectivity index (χ1v) is 7.69. The molecule has 0 saturated heterocycles. The van der Waals surface area contributed by atoms with Gasteiger partial charge in [0.2, 0.25) is 0 Å². The molecule has 1 aromatic rings. The average molecular weight is 271 g/mol. The van der Waals surface area contributed by atoms with Gasteiger partial charge in [0.05, 0.1) is 0 Å². The highest BCUT2D eigenvalue weighted by molar-refractivity contribution is 5.43. The maximum absolute atomic E-state index is 5.63. The van der Waals surface area contributed by atoms with Gasteiger partial charge in [-0.05, 0) is 55.3 Å². The minimum Gasteiger partial charge on any atom is -0.486 e. The van der Waals surface area contributed by atoms with Gasteiger partial charge in [0.25, 0.3) is 0 Å². The summed E-state index contributed by atoms with van der Waals surface area (Å²) in [6, 6.07) is 7.00. The Morgan fingerprint density at radius 2 is 2.05 bits per heavy atom. The normalized spacial score (nSPS) is 29.9. The fraction of sp³-hybridized carbons (Fsp3) is 0.529. The van der Waals surface area contributed by atoms with Crippen LogP contribution >= 0.6 is 0 Å². The molecule has 4 rings (SSSR count). The summed E-state index contributed by atoms with van der Waals surface area (Å²) < 4.78 is 11.2. The van der Waals surface area contributed by atoms with E-state index in [1.165, 1.54) is 18.4 Å². The summed E-state index contributed by atoms with van der Waals surface area (Å²) in [7, 11) is 0. The second-order valence-electron chi connectivity index (χ2n) is 6.03. The molecule has 1 N–H and O–H groups in total. The standard InChI is InChI=1S/C17H21NO2/c1-2-13-11-15(14(13)3-1)18-7-6-12-4-5-16-17(10-12)20-9-8-19-16/h1,3-5,10,13-15,18H,2,6-9,11H2. The van der Waals surface area contributed by atoms with Gasteiger partial charge in [0.1, 0.15) is 13.2 Å². The van der Waals surface area contributed by atoms with Crippen LogP contribution in [0, 0.1) is 11.8 Å². The molecule has 3 atom stereocenters. The van der Waals surface area contributed by atoms with E-state index in [4.69, 9.17) is 9.47 Å². The lowest BCUT2D eigenvalue weighted by molar-refractivity contribution is 0.164. The van der Waals surface area contributed by atoms with Gasteiger partial charge in [-0.15, -0.1) is 0 Å². The second kappa shape index (κ2) is 5.13. The van der Waals surface area contributed by atoms with Crippen LogP contribution in [-0.2, 0) is 6.42 Å². The van der Waals surface area contributed by atoms with E-state index in [1.54, 1.807) is 0 Å². The topological polar surface area (TPSA) is 30.5 Å². The molecule has 20 heavy (non-hydrogen) atoms. The lowest BCUT2D eigenvalue weighted by Gasteiger charge is -2.40. The molecule has 1 aliphatic heterocycles. The smallest absolute Gasteiger partial charge is 0.161 e. The first-order chi connectivity index (χ1) is 9.90. The zero-order chi connectivity index (χ0) is 13.4. The number of nitrogens with one attached hydrogen (secondary N) is 1. The Bertz CT molecular complexity index is 526. The molecule has 3 nitrogen and oxygen atoms in total. The fourth-order valence-electron chi connectivity index (χ4n) is 3.59. The summed E-state index contributed by atoms with van der Waals surface area (Å²) in [5.74, 6) is 3.51. The number of ether oxygens (including phenoxy) is 2. The Labute approximate surface area is 120 Å². The van der Waals surface area contributed by atoms with Crippen molar-refractivity contribution in [2.24, 2.45) is 11.8 Å². The SMILES string of the molecule is C1=CC2C(C1)CC2NCCc1ccc2c(c1)OCCO2. The van der Waals surface area contributed by atoms with Crippen molar-refractivity contribution in [2.45, 2.75) is 25.3 Å². The highest BCUT2D eigenvalue weighted by Crippen LogP contribution is 2.42. The number of hydrogen-bond acceptors (Lipinski definition) is 3. The molecule has 1 saturated carbocycles. The molecule has 3 aliphatic rings. The summed E-state index contributed by atoms with van der Waals surface area (Å²) in [6.45, 7) is 2.36. The van der Waals surface area contributed by atoms with E-state index in [1.807, 2.05) is 6.07 Å². The monoisotopic (exact) mass is 271 g/mol. The van der Waals surface area contributed by atoms with Crippen molar-refractivity contribution in [1.82, 2.24) is 5.32 Å². The third-order valence-electron chi connectivity index (χ3n) is 4.79. The van der Waals surface area contributed by atoms with Crippen LogP contribution in [0.3, 0.4) is 0 Å². The van der Waals surface area contributed by atoms with Gasteiger partial charge in [0, 0.05) is 6.04 Å². The van der Waals surface area contributed by atoms with Crippen molar-refractivity contribution in [2.75, 3.05) is 19.8 Å². The zero-order valence-corrected chi connectivity index (χ0v) is 11.7. The van der Waals surface area contributed by atoms with Crippen LogP contribution in [0.4, 0.5) is 0 Å². The van der Waals surface area contributed by atoms with Crippen LogP contribution in [0.2, 0.25) is 0 Å². The lowest BCUT2D eigenvalue weighted by atomic mass is 9.71. The van der Waals surface area contributed by atoms with Crippen LogP contribution in [0.25, 0.3) is 0 Å².